The Balaban J connectivity index is 2.21. The predicted octanol–water partition coefficient (Wildman–Crippen LogP) is 1.32. The molecule has 0 saturated heterocycles. The van der Waals surface area contributed by atoms with Crippen LogP contribution >= 0.6 is 0 Å². The van der Waals surface area contributed by atoms with Crippen LogP contribution in [0.2, 0.25) is 0 Å². The number of hydrogen-bond acceptors (Lipinski definition) is 5. The number of nitrogens with one attached hydrogen (secondary N) is 1. The van der Waals surface area contributed by atoms with Crippen LogP contribution in [0.5, 0.6) is 0 Å². The topological polar surface area (TPSA) is 93.8 Å². The average molecular weight is 243 g/mol. The highest BCUT2D eigenvalue weighted by atomic mass is 16.1. The number of nitrogen functional groups attached to an aromatic ring is 1. The molecule has 0 saturated carbocycles. The van der Waals surface area contributed by atoms with Crippen molar-refractivity contribution < 1.29 is 4.79 Å². The van der Waals surface area contributed by atoms with Crippen molar-refractivity contribution in [1.29, 1.82) is 0 Å². The third-order valence-electron chi connectivity index (χ3n) is 2.25. The van der Waals surface area contributed by atoms with Gasteiger partial charge in [0.05, 0.1) is 0 Å². The lowest BCUT2D eigenvalue weighted by Gasteiger charge is -2.05. The van der Waals surface area contributed by atoms with E-state index in [-0.39, 0.29) is 11.9 Å². The highest BCUT2D eigenvalue weighted by Gasteiger charge is 2.08. The standard InChI is InChI=1S/C12H13N5O/c1-7-5-8(2)16-12(15-7)17-11(18)9-3-4-14-10(13)6-9/h3-6H,1-2H3,(H2,13,14)(H,15,16,17,18). The second-order valence-electron chi connectivity index (χ2n) is 3.90. The lowest BCUT2D eigenvalue weighted by molar-refractivity contribution is 0.102. The van der Waals surface area contributed by atoms with Gasteiger partial charge in [-0.25, -0.2) is 15.0 Å². The van der Waals surface area contributed by atoms with Crippen molar-refractivity contribution in [3.63, 3.8) is 0 Å². The SMILES string of the molecule is Cc1cc(C)nc(NC(=O)c2ccnc(N)c2)n1. The number of carbonyl (C=O) groups is 1. The molecule has 0 aliphatic rings. The van der Waals surface area contributed by atoms with Gasteiger partial charge in [0.25, 0.3) is 5.91 Å². The molecule has 0 aliphatic carbocycles. The number of amides is 1. The normalized spacial score (nSPS) is 10.1. The molecule has 1 amide bonds. The molecule has 18 heavy (non-hydrogen) atoms. The van der Waals surface area contributed by atoms with Gasteiger partial charge >= 0.3 is 0 Å². The number of anilines is 2. The van der Waals surface area contributed by atoms with Crippen LogP contribution in [0.1, 0.15) is 21.7 Å². The molecule has 0 spiro atoms. The molecule has 2 rings (SSSR count). The number of hydrogen-bond donors (Lipinski definition) is 2. The minimum absolute atomic E-state index is 0.285. The van der Waals surface area contributed by atoms with Gasteiger partial charge in [0, 0.05) is 23.1 Å². The molecule has 0 unspecified atom stereocenters. The molecule has 0 atom stereocenters. The number of aryl methyl sites for hydroxylation is 2. The first-order valence-corrected chi connectivity index (χ1v) is 5.40. The van der Waals surface area contributed by atoms with Crippen LogP contribution in [0.3, 0.4) is 0 Å². The van der Waals surface area contributed by atoms with Crippen molar-refractivity contribution >= 4 is 17.7 Å². The number of pyridine rings is 1. The van der Waals surface area contributed by atoms with Crippen LogP contribution in [0, 0.1) is 13.8 Å². The van der Waals surface area contributed by atoms with Gasteiger partial charge in [-0.15, -0.1) is 0 Å². The third kappa shape index (κ3) is 2.79. The summed E-state index contributed by atoms with van der Waals surface area (Å²) < 4.78 is 0. The molecule has 0 bridgehead atoms. The number of aromatic nitrogens is 3. The quantitative estimate of drug-likeness (QED) is 0.829. The first-order valence-electron chi connectivity index (χ1n) is 5.40. The van der Waals surface area contributed by atoms with Crippen LogP contribution in [0.4, 0.5) is 11.8 Å². The Labute approximate surface area is 104 Å². The molecule has 2 aromatic rings. The van der Waals surface area contributed by atoms with Crippen molar-refractivity contribution in [1.82, 2.24) is 15.0 Å². The molecule has 6 heteroatoms. The molecule has 0 aromatic carbocycles. The Morgan fingerprint density at radius 1 is 1.22 bits per heavy atom. The highest BCUT2D eigenvalue weighted by Crippen LogP contribution is 2.08. The van der Waals surface area contributed by atoms with Crippen LogP contribution in [0.25, 0.3) is 0 Å². The maximum Gasteiger partial charge on any atom is 0.258 e. The molecule has 92 valence electrons. The number of rotatable bonds is 2. The summed E-state index contributed by atoms with van der Waals surface area (Å²) in [7, 11) is 0. The average Bonchev–Trinajstić information content (AvgIpc) is 2.27. The summed E-state index contributed by atoms with van der Waals surface area (Å²) >= 11 is 0. The summed E-state index contributed by atoms with van der Waals surface area (Å²) in [5.41, 5.74) is 7.53. The van der Waals surface area contributed by atoms with Gasteiger partial charge < -0.3 is 5.73 Å². The molecule has 0 fully saturated rings. The highest BCUT2D eigenvalue weighted by molar-refractivity contribution is 6.03. The van der Waals surface area contributed by atoms with E-state index in [1.54, 1.807) is 6.07 Å². The van der Waals surface area contributed by atoms with Crippen molar-refractivity contribution in [3.05, 3.63) is 41.3 Å². The summed E-state index contributed by atoms with van der Waals surface area (Å²) in [6, 6.07) is 4.91. The molecular weight excluding hydrogens is 230 g/mol. The summed E-state index contributed by atoms with van der Waals surface area (Å²) in [5.74, 6) is 0.269. The first-order chi connectivity index (χ1) is 8.54. The van der Waals surface area contributed by atoms with E-state index >= 15 is 0 Å². The van der Waals surface area contributed by atoms with Gasteiger partial charge in [-0.1, -0.05) is 0 Å². The predicted molar refractivity (Wildman–Crippen MR) is 68.1 cm³/mol. The second-order valence-corrected chi connectivity index (χ2v) is 3.90. The first kappa shape index (κ1) is 12.0. The van der Waals surface area contributed by atoms with Crippen molar-refractivity contribution in [2.24, 2.45) is 0 Å². The van der Waals surface area contributed by atoms with Gasteiger partial charge in [-0.2, -0.15) is 0 Å². The van der Waals surface area contributed by atoms with E-state index in [4.69, 9.17) is 5.73 Å². The van der Waals surface area contributed by atoms with Gasteiger partial charge in [-0.05, 0) is 32.0 Å². The molecule has 3 N–H and O–H groups in total. The molecule has 2 heterocycles. The second kappa shape index (κ2) is 4.79. The van der Waals surface area contributed by atoms with E-state index in [0.29, 0.717) is 11.4 Å². The zero-order valence-corrected chi connectivity index (χ0v) is 10.1. The Morgan fingerprint density at radius 3 is 2.50 bits per heavy atom. The Bertz CT molecular complexity index is 577. The monoisotopic (exact) mass is 243 g/mol. The summed E-state index contributed by atoms with van der Waals surface area (Å²) in [4.78, 5) is 24.0. The lowest BCUT2D eigenvalue weighted by atomic mass is 10.2. The van der Waals surface area contributed by atoms with Crippen molar-refractivity contribution in [3.8, 4) is 0 Å². The molecule has 6 nitrogen and oxygen atoms in total. The molecular formula is C12H13N5O. The fraction of sp³-hybridized carbons (Fsp3) is 0.167. The van der Waals surface area contributed by atoms with Crippen LogP contribution in [-0.4, -0.2) is 20.9 Å². The van der Waals surface area contributed by atoms with Crippen molar-refractivity contribution in [2.75, 3.05) is 11.1 Å². The van der Waals surface area contributed by atoms with E-state index in [1.807, 2.05) is 19.9 Å². The smallest absolute Gasteiger partial charge is 0.258 e. The van der Waals surface area contributed by atoms with Crippen LogP contribution in [0.15, 0.2) is 24.4 Å². The Morgan fingerprint density at radius 2 is 1.89 bits per heavy atom. The fourth-order valence-electron chi connectivity index (χ4n) is 1.55. The maximum absolute atomic E-state index is 11.9. The third-order valence-corrected chi connectivity index (χ3v) is 2.25. The number of nitrogens with zero attached hydrogens (tertiary/aromatic N) is 3. The Kier molecular flexibility index (Phi) is 3.18. The van der Waals surface area contributed by atoms with E-state index in [2.05, 4.69) is 20.3 Å². The van der Waals surface area contributed by atoms with Crippen molar-refractivity contribution in [2.45, 2.75) is 13.8 Å². The van der Waals surface area contributed by atoms with Gasteiger partial charge in [0.15, 0.2) is 0 Å². The van der Waals surface area contributed by atoms with E-state index < -0.39 is 0 Å². The summed E-state index contributed by atoms with van der Waals surface area (Å²) in [5, 5.41) is 2.62. The van der Waals surface area contributed by atoms with Gasteiger partial charge in [0.2, 0.25) is 5.95 Å². The molecule has 0 aliphatic heterocycles. The Hall–Kier alpha value is -2.50. The zero-order chi connectivity index (χ0) is 13.1. The van der Waals surface area contributed by atoms with E-state index in [9.17, 15) is 4.79 Å². The van der Waals surface area contributed by atoms with E-state index in [1.165, 1.54) is 12.3 Å². The lowest BCUT2D eigenvalue weighted by Crippen LogP contribution is -2.15. The minimum atomic E-state index is -0.311. The zero-order valence-electron chi connectivity index (χ0n) is 10.1. The summed E-state index contributed by atoms with van der Waals surface area (Å²) in [6.07, 6.45) is 1.48. The minimum Gasteiger partial charge on any atom is -0.384 e. The molecule has 2 aromatic heterocycles. The van der Waals surface area contributed by atoms with Crippen LogP contribution < -0.4 is 11.1 Å². The van der Waals surface area contributed by atoms with Crippen LogP contribution in [-0.2, 0) is 0 Å². The van der Waals surface area contributed by atoms with Gasteiger partial charge in [-0.3, -0.25) is 10.1 Å². The number of nitrogens with two attached hydrogens (primary N) is 1. The number of carbonyl (C=O) groups excluding carboxylic acids is 1. The van der Waals surface area contributed by atoms with E-state index in [0.717, 1.165) is 11.4 Å². The summed E-state index contributed by atoms with van der Waals surface area (Å²) in [6.45, 7) is 3.68. The largest absolute Gasteiger partial charge is 0.384 e. The molecule has 0 radical (unpaired) electrons. The van der Waals surface area contributed by atoms with Gasteiger partial charge in [0.1, 0.15) is 5.82 Å². The fourth-order valence-corrected chi connectivity index (χ4v) is 1.55. The maximum atomic E-state index is 11.9.